The second-order valence-corrected chi connectivity index (χ2v) is 8.10. The van der Waals surface area contributed by atoms with Gasteiger partial charge in [0.25, 0.3) is 0 Å². The molecule has 0 unspecified atom stereocenters. The Morgan fingerprint density at radius 1 is 1.36 bits per heavy atom. The molecule has 1 aromatic carbocycles. The monoisotopic (exact) mass is 406 g/mol. The summed E-state index contributed by atoms with van der Waals surface area (Å²) in [5.74, 6) is 0.312. The average Bonchev–Trinajstić information content (AvgIpc) is 3.12. The molecule has 0 saturated carbocycles. The van der Waals surface area contributed by atoms with Gasteiger partial charge in [-0.3, -0.25) is 14.5 Å². The summed E-state index contributed by atoms with van der Waals surface area (Å²) in [6.07, 6.45) is 2.12. The minimum atomic E-state index is -0.0980. The van der Waals surface area contributed by atoms with Gasteiger partial charge in [-0.2, -0.15) is 0 Å². The number of benzene rings is 1. The number of piperazine rings is 1. The Kier molecular flexibility index (Phi) is 7.32. The molecule has 0 aliphatic carbocycles. The molecule has 3 atom stereocenters. The average molecular weight is 407 g/mol. The molecule has 0 radical (unpaired) electrons. The summed E-state index contributed by atoms with van der Waals surface area (Å²) in [4.78, 5) is 28.9. The van der Waals surface area contributed by atoms with Crippen LogP contribution in [-0.2, 0) is 16.1 Å². The van der Waals surface area contributed by atoms with E-state index in [0.29, 0.717) is 13.0 Å². The summed E-state index contributed by atoms with van der Waals surface area (Å²) >= 11 is 6.06. The molecule has 154 valence electrons. The van der Waals surface area contributed by atoms with Crippen LogP contribution in [0.25, 0.3) is 0 Å². The first kappa shape index (κ1) is 21.1. The van der Waals surface area contributed by atoms with Crippen LogP contribution in [0.1, 0.15) is 38.7 Å². The zero-order chi connectivity index (χ0) is 20.1. The molecule has 2 aliphatic heterocycles. The first-order valence-corrected chi connectivity index (χ1v) is 10.7. The van der Waals surface area contributed by atoms with E-state index in [0.717, 1.165) is 49.6 Å². The van der Waals surface area contributed by atoms with Gasteiger partial charge in [0.1, 0.15) is 0 Å². The maximum atomic E-state index is 12.4. The first-order valence-electron chi connectivity index (χ1n) is 10.3. The number of rotatable bonds is 8. The van der Waals surface area contributed by atoms with E-state index in [2.05, 4.69) is 21.6 Å². The third-order valence-electron chi connectivity index (χ3n) is 5.91. The lowest BCUT2D eigenvalue weighted by atomic mass is 10.0. The van der Waals surface area contributed by atoms with Crippen molar-refractivity contribution in [3.05, 3.63) is 34.9 Å². The predicted octanol–water partition coefficient (Wildman–Crippen LogP) is 2.02. The van der Waals surface area contributed by atoms with Crippen LogP contribution in [0.5, 0.6) is 0 Å². The van der Waals surface area contributed by atoms with E-state index in [1.165, 1.54) is 0 Å². The summed E-state index contributed by atoms with van der Waals surface area (Å²) in [7, 11) is 0. The summed E-state index contributed by atoms with van der Waals surface area (Å²) < 4.78 is 0. The number of hydrogen-bond acceptors (Lipinski definition) is 4. The molecular weight excluding hydrogens is 376 g/mol. The third kappa shape index (κ3) is 5.04. The van der Waals surface area contributed by atoms with Crippen molar-refractivity contribution in [2.24, 2.45) is 0 Å². The van der Waals surface area contributed by atoms with Crippen LogP contribution < -0.4 is 10.6 Å². The van der Waals surface area contributed by atoms with E-state index >= 15 is 0 Å². The largest absolute Gasteiger partial charge is 0.353 e. The molecule has 1 aromatic rings. The first-order chi connectivity index (χ1) is 13.5. The van der Waals surface area contributed by atoms with Crippen molar-refractivity contribution in [1.82, 2.24) is 20.4 Å². The molecule has 2 heterocycles. The number of halogens is 1. The number of carbonyl (C=O) groups is 2. The number of fused-ring (bicyclic) bond motifs is 1. The lowest BCUT2D eigenvalue weighted by Gasteiger charge is -2.37. The Balaban J connectivity index is 1.55. The molecule has 0 bridgehead atoms. The van der Waals surface area contributed by atoms with Crippen molar-refractivity contribution in [2.45, 2.75) is 57.8 Å². The number of hydrogen-bond donors (Lipinski definition) is 2. The zero-order valence-electron chi connectivity index (χ0n) is 16.8. The summed E-state index contributed by atoms with van der Waals surface area (Å²) in [6, 6.07) is 8.22. The Morgan fingerprint density at radius 2 is 2.14 bits per heavy atom. The lowest BCUT2D eigenvalue weighted by Crippen LogP contribution is -2.58. The fraction of sp³-hybridized carbons (Fsp3) is 0.619. The van der Waals surface area contributed by atoms with E-state index in [4.69, 9.17) is 11.6 Å². The fourth-order valence-electron chi connectivity index (χ4n) is 4.33. The highest BCUT2D eigenvalue weighted by atomic mass is 35.5. The molecule has 2 fully saturated rings. The van der Waals surface area contributed by atoms with E-state index in [1.807, 2.05) is 36.9 Å². The van der Waals surface area contributed by atoms with Crippen molar-refractivity contribution in [1.29, 1.82) is 0 Å². The van der Waals surface area contributed by atoms with Gasteiger partial charge in [-0.15, -0.1) is 0 Å². The Bertz CT molecular complexity index is 695. The Morgan fingerprint density at radius 3 is 2.86 bits per heavy atom. The maximum Gasteiger partial charge on any atom is 0.237 e. The minimum absolute atomic E-state index is 0.0980. The molecule has 3 rings (SSSR count). The summed E-state index contributed by atoms with van der Waals surface area (Å²) in [5.41, 5.74) is 1.14. The second-order valence-electron chi connectivity index (χ2n) is 7.66. The SMILES string of the molecule is CCN(CC)C(=O)CC[C@H]1CNC(=O)[C@H]2C[C@H](NCc3cccc(Cl)c3)CN12. The highest BCUT2D eigenvalue weighted by Crippen LogP contribution is 2.26. The van der Waals surface area contributed by atoms with Crippen molar-refractivity contribution in [2.75, 3.05) is 26.2 Å². The van der Waals surface area contributed by atoms with Crippen LogP contribution in [0.2, 0.25) is 5.02 Å². The smallest absolute Gasteiger partial charge is 0.237 e. The standard InChI is InChI=1S/C21H31ClN4O2/c1-3-25(4-2)20(27)9-8-18-13-24-21(28)19-11-17(14-26(18)19)23-12-15-6-5-7-16(22)10-15/h5-7,10,17-19,23H,3-4,8-9,11-14H2,1-2H3,(H,24,28)/t17-,18-,19+/m0/s1. The molecular formula is C21H31ClN4O2. The normalized spacial score (nSPS) is 24.7. The highest BCUT2D eigenvalue weighted by molar-refractivity contribution is 6.30. The van der Waals surface area contributed by atoms with Gasteiger partial charge in [0.05, 0.1) is 6.04 Å². The van der Waals surface area contributed by atoms with Gasteiger partial charge < -0.3 is 15.5 Å². The highest BCUT2D eigenvalue weighted by Gasteiger charge is 2.43. The molecule has 6 nitrogen and oxygen atoms in total. The number of nitrogens with zero attached hydrogens (tertiary/aromatic N) is 2. The van der Waals surface area contributed by atoms with Crippen LogP contribution in [0.15, 0.2) is 24.3 Å². The van der Waals surface area contributed by atoms with Crippen molar-refractivity contribution >= 4 is 23.4 Å². The van der Waals surface area contributed by atoms with Gasteiger partial charge in [-0.05, 0) is 44.4 Å². The molecule has 2 amide bonds. The predicted molar refractivity (Wildman–Crippen MR) is 111 cm³/mol. The van der Waals surface area contributed by atoms with Crippen LogP contribution in [0, 0.1) is 0 Å². The van der Waals surface area contributed by atoms with Crippen molar-refractivity contribution < 1.29 is 9.59 Å². The van der Waals surface area contributed by atoms with Crippen molar-refractivity contribution in [3.8, 4) is 0 Å². The lowest BCUT2D eigenvalue weighted by molar-refractivity contribution is -0.132. The van der Waals surface area contributed by atoms with Crippen LogP contribution >= 0.6 is 11.6 Å². The van der Waals surface area contributed by atoms with Gasteiger partial charge in [0.2, 0.25) is 11.8 Å². The van der Waals surface area contributed by atoms with Gasteiger partial charge in [0.15, 0.2) is 0 Å². The molecule has 2 N–H and O–H groups in total. The molecule has 0 aromatic heterocycles. The number of carbonyl (C=O) groups excluding carboxylic acids is 2. The minimum Gasteiger partial charge on any atom is -0.353 e. The van der Waals surface area contributed by atoms with Gasteiger partial charge in [-0.1, -0.05) is 23.7 Å². The number of amides is 2. The quantitative estimate of drug-likeness (QED) is 0.693. The van der Waals surface area contributed by atoms with Gasteiger partial charge in [-0.25, -0.2) is 0 Å². The van der Waals surface area contributed by atoms with Gasteiger partial charge >= 0.3 is 0 Å². The van der Waals surface area contributed by atoms with Crippen LogP contribution in [0.4, 0.5) is 0 Å². The Labute approximate surface area is 172 Å². The molecule has 2 saturated heterocycles. The molecule has 2 aliphatic rings. The molecule has 0 spiro atoms. The van der Waals surface area contributed by atoms with E-state index in [1.54, 1.807) is 0 Å². The fourth-order valence-corrected chi connectivity index (χ4v) is 4.54. The topological polar surface area (TPSA) is 64.7 Å². The zero-order valence-corrected chi connectivity index (χ0v) is 17.5. The summed E-state index contributed by atoms with van der Waals surface area (Å²) in [5, 5.41) is 7.34. The van der Waals surface area contributed by atoms with Crippen LogP contribution in [0.3, 0.4) is 0 Å². The Hall–Kier alpha value is -1.63. The van der Waals surface area contributed by atoms with E-state index in [-0.39, 0.29) is 29.9 Å². The van der Waals surface area contributed by atoms with Crippen molar-refractivity contribution in [3.63, 3.8) is 0 Å². The summed E-state index contributed by atoms with van der Waals surface area (Å²) in [6.45, 7) is 7.71. The number of nitrogens with one attached hydrogen (secondary N) is 2. The third-order valence-corrected chi connectivity index (χ3v) is 6.15. The van der Waals surface area contributed by atoms with E-state index < -0.39 is 0 Å². The second kappa shape index (κ2) is 9.72. The maximum absolute atomic E-state index is 12.4. The molecule has 7 heteroatoms. The van der Waals surface area contributed by atoms with Crippen LogP contribution in [-0.4, -0.2) is 65.9 Å². The van der Waals surface area contributed by atoms with E-state index in [9.17, 15) is 9.59 Å². The van der Waals surface area contributed by atoms with Gasteiger partial charge in [0, 0.05) is 56.3 Å². The molecule has 28 heavy (non-hydrogen) atoms.